The fourth-order valence-electron chi connectivity index (χ4n) is 2.40. The number of hydrogen-bond donors (Lipinski definition) is 3. The quantitative estimate of drug-likeness (QED) is 0.701. The van der Waals surface area contributed by atoms with Crippen LogP contribution in [0.5, 0.6) is 0 Å². The number of aliphatic carboxylic acids is 1. The van der Waals surface area contributed by atoms with E-state index in [2.05, 4.69) is 10.0 Å². The normalized spacial score (nSPS) is 13.0. The minimum absolute atomic E-state index is 0.0202. The second-order valence-corrected chi connectivity index (χ2v) is 8.72. The maximum absolute atomic E-state index is 12.4. The molecule has 144 valence electrons. The van der Waals surface area contributed by atoms with Gasteiger partial charge in [0.05, 0.1) is 4.90 Å². The van der Waals surface area contributed by atoms with Crippen molar-refractivity contribution in [1.82, 2.24) is 10.0 Å². The maximum atomic E-state index is 12.4. The Labute approximate surface area is 158 Å². The smallest absolute Gasteiger partial charge is 0.330 e. The van der Waals surface area contributed by atoms with Crippen LogP contribution in [0.3, 0.4) is 0 Å². The van der Waals surface area contributed by atoms with Crippen molar-refractivity contribution in [3.8, 4) is 0 Å². The van der Waals surface area contributed by atoms with Gasteiger partial charge in [0.25, 0.3) is 5.91 Å². The van der Waals surface area contributed by atoms with Gasteiger partial charge in [0.15, 0.2) is 6.04 Å². The van der Waals surface area contributed by atoms with Crippen molar-refractivity contribution in [2.45, 2.75) is 37.2 Å². The van der Waals surface area contributed by atoms with E-state index < -0.39 is 33.5 Å². The molecule has 0 aliphatic rings. The third-order valence-corrected chi connectivity index (χ3v) is 5.30. The number of sulfonamides is 1. The molecule has 3 N–H and O–H groups in total. The van der Waals surface area contributed by atoms with Crippen LogP contribution in [0.2, 0.25) is 0 Å². The van der Waals surface area contributed by atoms with Crippen LogP contribution in [0.1, 0.15) is 42.7 Å². The SMILES string of the molecule is CC(C)(C)NS(=O)(=O)c1ccc(C(=O)N[C@H](C(=O)O)c2ccccc2)cc1. The van der Waals surface area contributed by atoms with E-state index >= 15 is 0 Å². The molecule has 8 heteroatoms. The lowest BCUT2D eigenvalue weighted by Gasteiger charge is -2.20. The lowest BCUT2D eigenvalue weighted by molar-refractivity contribution is -0.139. The van der Waals surface area contributed by atoms with Crippen molar-refractivity contribution >= 4 is 21.9 Å². The van der Waals surface area contributed by atoms with E-state index in [9.17, 15) is 23.1 Å². The molecule has 27 heavy (non-hydrogen) atoms. The number of amides is 1. The van der Waals surface area contributed by atoms with Crippen molar-refractivity contribution in [3.05, 3.63) is 65.7 Å². The summed E-state index contributed by atoms with van der Waals surface area (Å²) in [6.45, 7) is 5.17. The lowest BCUT2D eigenvalue weighted by atomic mass is 10.1. The summed E-state index contributed by atoms with van der Waals surface area (Å²) < 4.78 is 27.1. The van der Waals surface area contributed by atoms with Crippen LogP contribution in [-0.2, 0) is 14.8 Å². The predicted octanol–water partition coefficient (Wildman–Crippen LogP) is 2.32. The number of rotatable bonds is 6. The van der Waals surface area contributed by atoms with Crippen LogP contribution < -0.4 is 10.0 Å². The van der Waals surface area contributed by atoms with Gasteiger partial charge in [-0.15, -0.1) is 0 Å². The summed E-state index contributed by atoms with van der Waals surface area (Å²) in [4.78, 5) is 23.9. The zero-order valence-corrected chi connectivity index (χ0v) is 16.1. The van der Waals surface area contributed by atoms with Crippen LogP contribution in [0.25, 0.3) is 0 Å². The molecule has 1 amide bonds. The van der Waals surface area contributed by atoms with E-state index in [1.165, 1.54) is 24.3 Å². The molecule has 0 aliphatic heterocycles. The van der Waals surface area contributed by atoms with Gasteiger partial charge in [-0.25, -0.2) is 17.9 Å². The Kier molecular flexibility index (Phi) is 6.02. The largest absolute Gasteiger partial charge is 0.479 e. The van der Waals surface area contributed by atoms with Crippen LogP contribution in [-0.4, -0.2) is 30.9 Å². The molecule has 0 unspecified atom stereocenters. The van der Waals surface area contributed by atoms with Crippen LogP contribution in [0.4, 0.5) is 0 Å². The summed E-state index contributed by atoms with van der Waals surface area (Å²) in [5, 5.41) is 11.8. The van der Waals surface area contributed by atoms with Crippen molar-refractivity contribution in [3.63, 3.8) is 0 Å². The molecular formula is C19H22N2O5S. The Bertz CT molecular complexity index is 917. The van der Waals surface area contributed by atoms with Crippen LogP contribution >= 0.6 is 0 Å². The van der Waals surface area contributed by atoms with Gasteiger partial charge in [-0.3, -0.25) is 4.79 Å². The summed E-state index contributed by atoms with van der Waals surface area (Å²) in [6, 6.07) is 12.4. The first kappa shape index (κ1) is 20.6. The van der Waals surface area contributed by atoms with Gasteiger partial charge < -0.3 is 10.4 Å². The molecule has 0 heterocycles. The topological polar surface area (TPSA) is 113 Å². The monoisotopic (exact) mass is 390 g/mol. The number of nitrogens with one attached hydrogen (secondary N) is 2. The zero-order valence-electron chi connectivity index (χ0n) is 15.3. The first-order valence-corrected chi connectivity index (χ1v) is 9.70. The Morgan fingerprint density at radius 2 is 1.52 bits per heavy atom. The first-order valence-electron chi connectivity index (χ1n) is 8.22. The minimum atomic E-state index is -3.72. The van der Waals surface area contributed by atoms with Gasteiger partial charge >= 0.3 is 5.97 Å². The number of carbonyl (C=O) groups is 2. The standard InChI is InChI=1S/C19H22N2O5S/c1-19(2,3)21-27(25,26)15-11-9-14(10-12-15)17(22)20-16(18(23)24)13-7-5-4-6-8-13/h4-12,16,21H,1-3H3,(H,20,22)(H,23,24)/t16-/m0/s1. The van der Waals surface area contributed by atoms with E-state index in [0.29, 0.717) is 5.56 Å². The molecule has 0 radical (unpaired) electrons. The van der Waals surface area contributed by atoms with Gasteiger partial charge in [-0.05, 0) is 50.6 Å². The molecule has 0 saturated carbocycles. The highest BCUT2D eigenvalue weighted by atomic mass is 32.2. The first-order chi connectivity index (χ1) is 12.5. The minimum Gasteiger partial charge on any atom is -0.479 e. The van der Waals surface area contributed by atoms with Crippen LogP contribution in [0, 0.1) is 0 Å². The van der Waals surface area contributed by atoms with Crippen molar-refractivity contribution in [1.29, 1.82) is 0 Å². The number of hydrogen-bond acceptors (Lipinski definition) is 4. The van der Waals surface area contributed by atoms with Gasteiger partial charge in [-0.1, -0.05) is 30.3 Å². The van der Waals surface area contributed by atoms with Gasteiger partial charge in [0.2, 0.25) is 10.0 Å². The van der Waals surface area contributed by atoms with Gasteiger partial charge in [0.1, 0.15) is 0 Å². The van der Waals surface area contributed by atoms with Crippen molar-refractivity contribution in [2.24, 2.45) is 0 Å². The Morgan fingerprint density at radius 1 is 0.963 bits per heavy atom. The molecule has 2 aromatic carbocycles. The summed E-state index contributed by atoms with van der Waals surface area (Å²) in [5.41, 5.74) is -0.0435. The Morgan fingerprint density at radius 3 is 2.00 bits per heavy atom. The Balaban J connectivity index is 2.19. The second kappa shape index (κ2) is 7.89. The average Bonchev–Trinajstić information content (AvgIpc) is 2.58. The third kappa shape index (κ3) is 5.63. The van der Waals surface area contributed by atoms with Crippen LogP contribution in [0.15, 0.2) is 59.5 Å². The number of carbonyl (C=O) groups excluding carboxylic acids is 1. The van der Waals surface area contributed by atoms with E-state index in [0.717, 1.165) is 0 Å². The summed E-state index contributed by atoms with van der Waals surface area (Å²) in [7, 11) is -3.72. The maximum Gasteiger partial charge on any atom is 0.330 e. The number of carboxylic acids is 1. The summed E-state index contributed by atoms with van der Waals surface area (Å²) >= 11 is 0. The summed E-state index contributed by atoms with van der Waals surface area (Å²) in [5.74, 6) is -1.80. The highest BCUT2D eigenvalue weighted by Crippen LogP contribution is 2.16. The van der Waals surface area contributed by atoms with E-state index in [1.54, 1.807) is 51.1 Å². The fourth-order valence-corrected chi connectivity index (χ4v) is 3.81. The third-order valence-electron chi connectivity index (χ3n) is 3.52. The predicted molar refractivity (Wildman–Crippen MR) is 101 cm³/mol. The molecule has 2 rings (SSSR count). The van der Waals surface area contributed by atoms with Crippen molar-refractivity contribution < 1.29 is 23.1 Å². The molecule has 0 spiro atoms. The molecule has 7 nitrogen and oxygen atoms in total. The van der Waals surface area contributed by atoms with E-state index in [4.69, 9.17) is 0 Å². The zero-order chi connectivity index (χ0) is 20.2. The van der Waals surface area contributed by atoms with Gasteiger partial charge in [-0.2, -0.15) is 0 Å². The lowest BCUT2D eigenvalue weighted by Crippen LogP contribution is -2.40. The molecule has 0 saturated heterocycles. The van der Waals surface area contributed by atoms with Crippen molar-refractivity contribution in [2.75, 3.05) is 0 Å². The van der Waals surface area contributed by atoms with E-state index in [1.807, 2.05) is 0 Å². The fraction of sp³-hybridized carbons (Fsp3) is 0.263. The molecular weight excluding hydrogens is 368 g/mol. The number of carboxylic acid groups (broad SMARTS) is 1. The molecule has 2 aromatic rings. The molecule has 0 aliphatic carbocycles. The Hall–Kier alpha value is -2.71. The number of benzene rings is 2. The molecule has 0 aromatic heterocycles. The highest BCUT2D eigenvalue weighted by molar-refractivity contribution is 7.89. The molecule has 0 fully saturated rings. The molecule has 0 bridgehead atoms. The second-order valence-electron chi connectivity index (χ2n) is 7.04. The molecule has 1 atom stereocenters. The average molecular weight is 390 g/mol. The van der Waals surface area contributed by atoms with E-state index in [-0.39, 0.29) is 10.5 Å². The summed E-state index contributed by atoms with van der Waals surface area (Å²) in [6.07, 6.45) is 0. The highest BCUT2D eigenvalue weighted by Gasteiger charge is 2.24. The van der Waals surface area contributed by atoms with Gasteiger partial charge in [0, 0.05) is 11.1 Å².